The molecule has 5 nitrogen and oxygen atoms in total. The molecule has 1 aliphatic rings. The van der Waals surface area contributed by atoms with Crippen LogP contribution in [0.15, 0.2) is 6.33 Å². The van der Waals surface area contributed by atoms with Gasteiger partial charge >= 0.3 is 0 Å². The van der Waals surface area contributed by atoms with Gasteiger partial charge in [0.25, 0.3) is 0 Å². The number of piperidine rings is 1. The van der Waals surface area contributed by atoms with Crippen molar-refractivity contribution in [3.8, 4) is 0 Å². The van der Waals surface area contributed by atoms with Crippen LogP contribution < -0.4 is 11.1 Å². The van der Waals surface area contributed by atoms with Crippen LogP contribution in [-0.2, 0) is 0 Å². The number of anilines is 2. The smallest absolute Gasteiger partial charge is 0.150 e. The molecule has 3 N–H and O–H groups in total. The van der Waals surface area contributed by atoms with E-state index < -0.39 is 0 Å². The molecule has 0 saturated carbocycles. The third kappa shape index (κ3) is 3.94. The molecule has 1 fully saturated rings. The molecular formula is C13H22ClN5. The molecule has 1 aliphatic heterocycles. The standard InChI is InChI=1S/C13H22ClN5/c1-10-5-2-3-7-19(10)8-4-6-16-13-11(14)12(15)17-9-18-13/h9-10H,2-8H2,1H3,(H3,15,16,17,18). The molecule has 1 unspecified atom stereocenters. The number of nitrogens with one attached hydrogen (secondary N) is 1. The van der Waals surface area contributed by atoms with E-state index in [4.69, 9.17) is 17.3 Å². The Balaban J connectivity index is 1.73. The quantitative estimate of drug-likeness (QED) is 0.812. The summed E-state index contributed by atoms with van der Waals surface area (Å²) in [7, 11) is 0. The minimum atomic E-state index is 0.323. The van der Waals surface area contributed by atoms with Crippen LogP contribution in [-0.4, -0.2) is 40.5 Å². The van der Waals surface area contributed by atoms with E-state index in [1.807, 2.05) is 0 Å². The lowest BCUT2D eigenvalue weighted by Gasteiger charge is -2.33. The first kappa shape index (κ1) is 14.3. The van der Waals surface area contributed by atoms with Crippen LogP contribution in [0.1, 0.15) is 32.6 Å². The maximum Gasteiger partial charge on any atom is 0.150 e. The largest absolute Gasteiger partial charge is 0.382 e. The van der Waals surface area contributed by atoms with E-state index in [9.17, 15) is 0 Å². The van der Waals surface area contributed by atoms with Gasteiger partial charge in [0.05, 0.1) is 0 Å². The van der Waals surface area contributed by atoms with Crippen molar-refractivity contribution >= 4 is 23.2 Å². The van der Waals surface area contributed by atoms with Gasteiger partial charge in [0.2, 0.25) is 0 Å². The van der Waals surface area contributed by atoms with Crippen molar-refractivity contribution in [2.45, 2.75) is 38.6 Å². The maximum atomic E-state index is 6.02. The number of nitrogen functional groups attached to an aromatic ring is 1. The van der Waals surface area contributed by atoms with E-state index in [-0.39, 0.29) is 0 Å². The molecular weight excluding hydrogens is 262 g/mol. The highest BCUT2D eigenvalue weighted by molar-refractivity contribution is 6.35. The van der Waals surface area contributed by atoms with Crippen LogP contribution in [0.25, 0.3) is 0 Å². The van der Waals surface area contributed by atoms with Crippen LogP contribution in [0.2, 0.25) is 5.02 Å². The highest BCUT2D eigenvalue weighted by Gasteiger charge is 2.17. The molecule has 106 valence electrons. The zero-order valence-electron chi connectivity index (χ0n) is 11.4. The lowest BCUT2D eigenvalue weighted by atomic mass is 10.0. The van der Waals surface area contributed by atoms with Crippen molar-refractivity contribution in [2.75, 3.05) is 30.7 Å². The Labute approximate surface area is 119 Å². The van der Waals surface area contributed by atoms with Crippen LogP contribution in [0, 0.1) is 0 Å². The summed E-state index contributed by atoms with van der Waals surface area (Å²) in [6, 6.07) is 0.715. The van der Waals surface area contributed by atoms with Gasteiger partial charge in [0, 0.05) is 19.1 Å². The third-order valence-corrected chi connectivity index (χ3v) is 4.04. The predicted molar refractivity (Wildman–Crippen MR) is 79.4 cm³/mol. The van der Waals surface area contributed by atoms with Gasteiger partial charge in [-0.1, -0.05) is 18.0 Å². The zero-order chi connectivity index (χ0) is 13.7. The minimum absolute atomic E-state index is 0.323. The topological polar surface area (TPSA) is 67.1 Å². The Morgan fingerprint density at radius 3 is 3.11 bits per heavy atom. The summed E-state index contributed by atoms with van der Waals surface area (Å²) in [5.74, 6) is 0.949. The molecule has 0 aromatic carbocycles. The summed E-state index contributed by atoms with van der Waals surface area (Å²) in [5.41, 5.74) is 5.63. The van der Waals surface area contributed by atoms with E-state index in [0.29, 0.717) is 22.7 Å². The van der Waals surface area contributed by atoms with Crippen molar-refractivity contribution < 1.29 is 0 Å². The summed E-state index contributed by atoms with van der Waals surface area (Å²) < 4.78 is 0. The fourth-order valence-electron chi connectivity index (χ4n) is 2.49. The Morgan fingerprint density at radius 1 is 1.47 bits per heavy atom. The summed E-state index contributed by atoms with van der Waals surface area (Å²) in [6.45, 7) is 5.50. The second kappa shape index (κ2) is 6.91. The molecule has 0 bridgehead atoms. The van der Waals surface area contributed by atoms with Crippen LogP contribution in [0.4, 0.5) is 11.6 Å². The Kier molecular flexibility index (Phi) is 5.22. The van der Waals surface area contributed by atoms with Crippen molar-refractivity contribution in [2.24, 2.45) is 0 Å². The van der Waals surface area contributed by atoms with Gasteiger partial charge in [0.15, 0.2) is 0 Å². The molecule has 6 heteroatoms. The Morgan fingerprint density at radius 2 is 2.32 bits per heavy atom. The van der Waals surface area contributed by atoms with Crippen molar-refractivity contribution in [3.05, 3.63) is 11.3 Å². The molecule has 2 rings (SSSR count). The monoisotopic (exact) mass is 283 g/mol. The summed E-state index contributed by atoms with van der Waals surface area (Å²) in [4.78, 5) is 10.5. The fourth-order valence-corrected chi connectivity index (χ4v) is 2.65. The molecule has 1 atom stereocenters. The number of hydrogen-bond acceptors (Lipinski definition) is 5. The number of aromatic nitrogens is 2. The zero-order valence-corrected chi connectivity index (χ0v) is 12.2. The fraction of sp³-hybridized carbons (Fsp3) is 0.692. The first-order valence-electron chi connectivity index (χ1n) is 6.92. The molecule has 19 heavy (non-hydrogen) atoms. The molecule has 1 saturated heterocycles. The van der Waals surface area contributed by atoms with E-state index in [1.54, 1.807) is 0 Å². The SMILES string of the molecule is CC1CCCCN1CCCNc1ncnc(N)c1Cl. The number of likely N-dealkylation sites (tertiary alicyclic amines) is 1. The summed E-state index contributed by atoms with van der Waals surface area (Å²) in [6.07, 6.45) is 6.51. The van der Waals surface area contributed by atoms with Gasteiger partial charge < -0.3 is 16.0 Å². The van der Waals surface area contributed by atoms with E-state index in [1.165, 1.54) is 32.1 Å². The number of nitrogens with zero attached hydrogens (tertiary/aromatic N) is 3. The van der Waals surface area contributed by atoms with Gasteiger partial charge in [-0.2, -0.15) is 0 Å². The second-order valence-electron chi connectivity index (χ2n) is 5.08. The molecule has 0 amide bonds. The van der Waals surface area contributed by atoms with Gasteiger partial charge in [-0.15, -0.1) is 0 Å². The van der Waals surface area contributed by atoms with Crippen molar-refractivity contribution in [1.82, 2.24) is 14.9 Å². The maximum absolute atomic E-state index is 6.02. The van der Waals surface area contributed by atoms with Crippen molar-refractivity contribution in [3.63, 3.8) is 0 Å². The van der Waals surface area contributed by atoms with E-state index >= 15 is 0 Å². The molecule has 1 aromatic rings. The van der Waals surface area contributed by atoms with Crippen LogP contribution >= 0.6 is 11.6 Å². The molecule has 0 aliphatic carbocycles. The number of nitrogens with two attached hydrogens (primary N) is 1. The number of rotatable bonds is 5. The van der Waals surface area contributed by atoms with Crippen LogP contribution in [0.5, 0.6) is 0 Å². The lowest BCUT2D eigenvalue weighted by molar-refractivity contribution is 0.160. The third-order valence-electron chi connectivity index (χ3n) is 3.67. The van der Waals surface area contributed by atoms with Crippen LogP contribution in [0.3, 0.4) is 0 Å². The highest BCUT2D eigenvalue weighted by atomic mass is 35.5. The highest BCUT2D eigenvalue weighted by Crippen LogP contribution is 2.23. The first-order chi connectivity index (χ1) is 9.18. The average molecular weight is 284 g/mol. The summed E-state index contributed by atoms with van der Waals surface area (Å²) >= 11 is 6.02. The van der Waals surface area contributed by atoms with Gasteiger partial charge in [0.1, 0.15) is 23.0 Å². The molecule has 1 aromatic heterocycles. The van der Waals surface area contributed by atoms with E-state index in [0.717, 1.165) is 19.5 Å². The molecule has 2 heterocycles. The Hall–Kier alpha value is -1.07. The van der Waals surface area contributed by atoms with Crippen molar-refractivity contribution in [1.29, 1.82) is 0 Å². The first-order valence-corrected chi connectivity index (χ1v) is 7.30. The normalized spacial score (nSPS) is 20.4. The number of hydrogen-bond donors (Lipinski definition) is 2. The average Bonchev–Trinajstić information content (AvgIpc) is 2.41. The summed E-state index contributed by atoms with van der Waals surface area (Å²) in [5, 5.41) is 3.63. The minimum Gasteiger partial charge on any atom is -0.382 e. The Bertz CT molecular complexity index is 412. The van der Waals surface area contributed by atoms with Gasteiger partial charge in [-0.25, -0.2) is 9.97 Å². The lowest BCUT2D eigenvalue weighted by Crippen LogP contribution is -2.38. The predicted octanol–water partition coefficient (Wildman–Crippen LogP) is 2.39. The molecule has 0 radical (unpaired) electrons. The molecule has 0 spiro atoms. The van der Waals surface area contributed by atoms with Gasteiger partial charge in [-0.05, 0) is 32.7 Å². The van der Waals surface area contributed by atoms with E-state index in [2.05, 4.69) is 27.1 Å². The number of halogens is 1. The second-order valence-corrected chi connectivity index (χ2v) is 5.46. The van der Waals surface area contributed by atoms with Gasteiger partial charge in [-0.3, -0.25) is 0 Å².